The molecule has 0 aliphatic rings. The fraction of sp³-hybridized carbons (Fsp3) is 0.429. The number of phosphoric acid groups is 1. The Labute approximate surface area is 114 Å². The van der Waals surface area contributed by atoms with Crippen LogP contribution in [0.15, 0.2) is 30.3 Å². The zero-order valence-corrected chi connectivity index (χ0v) is 12.4. The van der Waals surface area contributed by atoms with Crippen molar-refractivity contribution in [1.82, 2.24) is 0 Å². The van der Waals surface area contributed by atoms with Gasteiger partial charge in [0.25, 0.3) is 0 Å². The van der Waals surface area contributed by atoms with Gasteiger partial charge in [-0.15, -0.1) is 0 Å². The molecule has 104 valence electrons. The second-order valence-electron chi connectivity index (χ2n) is 3.67. The third kappa shape index (κ3) is 6.04. The zero-order chi connectivity index (χ0) is 14.1. The number of hydrogen-bond acceptors (Lipinski definition) is 4. The molecule has 1 unspecified atom stereocenters. The van der Waals surface area contributed by atoms with Crippen LogP contribution in [-0.4, -0.2) is 19.3 Å². The first kappa shape index (κ1) is 15.9. The van der Waals surface area contributed by atoms with Crippen LogP contribution in [0.25, 0.3) is 0 Å². The Morgan fingerprint density at radius 1 is 1.16 bits per heavy atom. The van der Waals surface area contributed by atoms with Crippen molar-refractivity contribution in [2.24, 2.45) is 0 Å². The van der Waals surface area contributed by atoms with Gasteiger partial charge in [0.2, 0.25) is 0 Å². The Balaban J connectivity index is 2.66. The second-order valence-corrected chi connectivity index (χ2v) is 5.29. The van der Waals surface area contributed by atoms with E-state index >= 15 is 0 Å². The molecule has 0 saturated carbocycles. The van der Waals surface area contributed by atoms with Gasteiger partial charge >= 0.3 is 7.82 Å². The molecule has 1 aromatic carbocycles. The zero-order valence-electron chi connectivity index (χ0n) is 11.5. The maximum atomic E-state index is 12.1. The van der Waals surface area contributed by atoms with Crippen LogP contribution >= 0.6 is 7.82 Å². The van der Waals surface area contributed by atoms with E-state index in [9.17, 15) is 4.57 Å². The lowest BCUT2D eigenvalue weighted by atomic mass is 10.2. The minimum Gasteiger partial charge on any atom is -0.287 e. The van der Waals surface area contributed by atoms with Gasteiger partial charge in [-0.05, 0) is 32.9 Å². The summed E-state index contributed by atoms with van der Waals surface area (Å²) in [7, 11) is -3.50. The van der Waals surface area contributed by atoms with Gasteiger partial charge in [0.15, 0.2) is 0 Å². The van der Waals surface area contributed by atoms with Crippen LogP contribution in [0.2, 0.25) is 0 Å². The molecule has 0 saturated heterocycles. The number of hydrogen-bond donors (Lipinski definition) is 0. The van der Waals surface area contributed by atoms with Crippen LogP contribution in [0.4, 0.5) is 0 Å². The molecule has 1 aromatic rings. The highest BCUT2D eigenvalue weighted by atomic mass is 31.2. The Kier molecular flexibility index (Phi) is 6.83. The van der Waals surface area contributed by atoms with E-state index in [2.05, 4.69) is 11.8 Å². The number of phosphoric ester groups is 1. The summed E-state index contributed by atoms with van der Waals surface area (Å²) in [6.45, 7) is 5.69. The Hall–Kier alpha value is -1.11. The summed E-state index contributed by atoms with van der Waals surface area (Å²) >= 11 is 0. The summed E-state index contributed by atoms with van der Waals surface area (Å²) in [6.07, 6.45) is -0.538. The van der Waals surface area contributed by atoms with Crippen LogP contribution in [0.5, 0.6) is 0 Å². The lowest BCUT2D eigenvalue weighted by molar-refractivity contribution is 0.109. The van der Waals surface area contributed by atoms with Crippen molar-refractivity contribution in [3.8, 4) is 11.8 Å². The smallest absolute Gasteiger partial charge is 0.287 e. The van der Waals surface area contributed by atoms with Gasteiger partial charge in [-0.3, -0.25) is 13.6 Å². The average Bonchev–Trinajstić information content (AvgIpc) is 2.38. The highest BCUT2D eigenvalue weighted by Gasteiger charge is 2.27. The molecule has 0 bridgehead atoms. The molecule has 1 rings (SSSR count). The lowest BCUT2D eigenvalue weighted by Crippen LogP contribution is -2.08. The molecule has 4 nitrogen and oxygen atoms in total. The van der Waals surface area contributed by atoms with E-state index in [1.54, 1.807) is 20.8 Å². The van der Waals surface area contributed by atoms with E-state index in [0.29, 0.717) is 0 Å². The Morgan fingerprint density at radius 2 is 1.74 bits per heavy atom. The average molecular weight is 282 g/mol. The fourth-order valence-corrected chi connectivity index (χ4v) is 2.61. The van der Waals surface area contributed by atoms with Gasteiger partial charge in [0, 0.05) is 5.56 Å². The Bertz CT molecular complexity index is 465. The molecule has 19 heavy (non-hydrogen) atoms. The van der Waals surface area contributed by atoms with Crippen molar-refractivity contribution < 1.29 is 18.1 Å². The summed E-state index contributed by atoms with van der Waals surface area (Å²) in [6, 6.07) is 9.51. The van der Waals surface area contributed by atoms with Crippen molar-refractivity contribution in [1.29, 1.82) is 0 Å². The monoisotopic (exact) mass is 282 g/mol. The molecular formula is C14H19O4P. The minimum atomic E-state index is -3.50. The fourth-order valence-electron chi connectivity index (χ4n) is 1.34. The topological polar surface area (TPSA) is 44.8 Å². The van der Waals surface area contributed by atoms with Crippen LogP contribution in [0.3, 0.4) is 0 Å². The first-order chi connectivity index (χ1) is 9.09. The quantitative estimate of drug-likeness (QED) is 0.590. The van der Waals surface area contributed by atoms with E-state index in [0.717, 1.165) is 5.56 Å². The molecular weight excluding hydrogens is 263 g/mol. The molecule has 0 radical (unpaired) electrons. The highest BCUT2D eigenvalue weighted by Crippen LogP contribution is 2.50. The van der Waals surface area contributed by atoms with E-state index in [4.69, 9.17) is 13.6 Å². The summed E-state index contributed by atoms with van der Waals surface area (Å²) in [5.74, 6) is 5.81. The molecule has 5 heteroatoms. The number of rotatable bonds is 6. The van der Waals surface area contributed by atoms with E-state index in [1.807, 2.05) is 30.3 Å². The summed E-state index contributed by atoms with van der Waals surface area (Å²) < 4.78 is 27.5. The van der Waals surface area contributed by atoms with E-state index in [-0.39, 0.29) is 13.2 Å². The van der Waals surface area contributed by atoms with Crippen molar-refractivity contribution in [2.75, 3.05) is 13.2 Å². The van der Waals surface area contributed by atoms with Crippen LogP contribution in [0, 0.1) is 11.8 Å². The Morgan fingerprint density at radius 3 is 2.26 bits per heavy atom. The minimum absolute atomic E-state index is 0.260. The van der Waals surface area contributed by atoms with Crippen LogP contribution in [0.1, 0.15) is 26.3 Å². The molecule has 0 N–H and O–H groups in total. The van der Waals surface area contributed by atoms with Gasteiger partial charge in [0.05, 0.1) is 13.2 Å². The third-order valence-corrected chi connectivity index (χ3v) is 3.78. The molecule has 0 aliphatic carbocycles. The maximum Gasteiger partial charge on any atom is 0.475 e. The SMILES string of the molecule is CCOP(=O)(OCC)OC(C)C#Cc1ccccc1. The first-order valence-corrected chi connectivity index (χ1v) is 7.69. The second kappa shape index (κ2) is 8.14. The van der Waals surface area contributed by atoms with Crippen molar-refractivity contribution in [3.63, 3.8) is 0 Å². The molecule has 0 heterocycles. The summed E-state index contributed by atoms with van der Waals surface area (Å²) in [4.78, 5) is 0. The largest absolute Gasteiger partial charge is 0.475 e. The summed E-state index contributed by atoms with van der Waals surface area (Å²) in [5.41, 5.74) is 0.876. The van der Waals surface area contributed by atoms with E-state index in [1.165, 1.54) is 0 Å². The standard InChI is InChI=1S/C14H19O4P/c1-4-16-19(15,17-5-2)18-13(3)11-12-14-9-7-6-8-10-14/h6-10,13H,4-5H2,1-3H3. The molecule has 1 atom stereocenters. The van der Waals surface area contributed by atoms with Crippen LogP contribution in [-0.2, 0) is 18.1 Å². The van der Waals surface area contributed by atoms with Crippen molar-refractivity contribution in [3.05, 3.63) is 35.9 Å². The van der Waals surface area contributed by atoms with Gasteiger partial charge in [-0.25, -0.2) is 4.57 Å². The van der Waals surface area contributed by atoms with E-state index < -0.39 is 13.9 Å². The van der Waals surface area contributed by atoms with Crippen molar-refractivity contribution >= 4 is 7.82 Å². The number of benzene rings is 1. The van der Waals surface area contributed by atoms with Crippen LogP contribution < -0.4 is 0 Å². The summed E-state index contributed by atoms with van der Waals surface area (Å²) in [5, 5.41) is 0. The van der Waals surface area contributed by atoms with Gasteiger partial charge < -0.3 is 0 Å². The lowest BCUT2D eigenvalue weighted by Gasteiger charge is -2.17. The van der Waals surface area contributed by atoms with Gasteiger partial charge in [-0.2, -0.15) is 0 Å². The molecule has 0 aromatic heterocycles. The third-order valence-electron chi connectivity index (χ3n) is 2.06. The predicted octanol–water partition coefficient (Wildman–Crippen LogP) is 3.62. The highest BCUT2D eigenvalue weighted by molar-refractivity contribution is 7.48. The van der Waals surface area contributed by atoms with Gasteiger partial charge in [0.1, 0.15) is 6.10 Å². The predicted molar refractivity (Wildman–Crippen MR) is 74.7 cm³/mol. The molecule has 0 spiro atoms. The maximum absolute atomic E-state index is 12.1. The molecule has 0 fully saturated rings. The van der Waals surface area contributed by atoms with Crippen molar-refractivity contribution in [2.45, 2.75) is 26.9 Å². The van der Waals surface area contributed by atoms with Gasteiger partial charge in [-0.1, -0.05) is 30.0 Å². The first-order valence-electron chi connectivity index (χ1n) is 6.23. The normalized spacial score (nSPS) is 12.6. The molecule has 0 aliphatic heterocycles. The molecule has 0 amide bonds.